The van der Waals surface area contributed by atoms with Gasteiger partial charge in [-0.15, -0.1) is 11.3 Å². The first-order valence-corrected chi connectivity index (χ1v) is 6.83. The summed E-state index contributed by atoms with van der Waals surface area (Å²) in [5.41, 5.74) is 1.72. The van der Waals surface area contributed by atoms with Gasteiger partial charge in [-0.25, -0.2) is 4.98 Å². The van der Waals surface area contributed by atoms with Crippen molar-refractivity contribution in [3.8, 4) is 22.1 Å². The highest BCUT2D eigenvalue weighted by Gasteiger charge is 2.08. The van der Waals surface area contributed by atoms with Gasteiger partial charge in [0.2, 0.25) is 0 Å². The van der Waals surface area contributed by atoms with Crippen LogP contribution in [0.25, 0.3) is 20.8 Å². The SMILES string of the molecule is Oc1ccc(-c2nc3ccc(Br)cc3s2)cc1O. The van der Waals surface area contributed by atoms with Crippen molar-refractivity contribution in [1.82, 2.24) is 4.98 Å². The van der Waals surface area contributed by atoms with Crippen LogP contribution in [0.4, 0.5) is 0 Å². The smallest absolute Gasteiger partial charge is 0.158 e. The van der Waals surface area contributed by atoms with Crippen LogP contribution in [0.3, 0.4) is 0 Å². The van der Waals surface area contributed by atoms with Crippen molar-refractivity contribution in [3.63, 3.8) is 0 Å². The van der Waals surface area contributed by atoms with Gasteiger partial charge in [-0.3, -0.25) is 0 Å². The summed E-state index contributed by atoms with van der Waals surface area (Å²) in [5.74, 6) is -0.254. The Balaban J connectivity index is 2.16. The molecule has 18 heavy (non-hydrogen) atoms. The summed E-state index contributed by atoms with van der Waals surface area (Å²) in [5, 5.41) is 19.6. The summed E-state index contributed by atoms with van der Waals surface area (Å²) in [7, 11) is 0. The molecule has 0 saturated carbocycles. The third-order valence-corrected chi connectivity index (χ3v) is 4.13. The lowest BCUT2D eigenvalue weighted by molar-refractivity contribution is 0.404. The van der Waals surface area contributed by atoms with Crippen molar-refractivity contribution in [3.05, 3.63) is 40.9 Å². The first-order chi connectivity index (χ1) is 8.63. The van der Waals surface area contributed by atoms with E-state index in [0.29, 0.717) is 0 Å². The zero-order chi connectivity index (χ0) is 12.7. The lowest BCUT2D eigenvalue weighted by Gasteiger charge is -1.99. The second-order valence-corrected chi connectivity index (χ2v) is 5.78. The van der Waals surface area contributed by atoms with Gasteiger partial charge in [-0.2, -0.15) is 0 Å². The number of halogens is 1. The average Bonchev–Trinajstić information content (AvgIpc) is 2.75. The topological polar surface area (TPSA) is 53.4 Å². The highest BCUT2D eigenvalue weighted by atomic mass is 79.9. The molecule has 0 unspecified atom stereocenters. The minimum absolute atomic E-state index is 0.123. The average molecular weight is 322 g/mol. The van der Waals surface area contributed by atoms with Crippen LogP contribution in [0.5, 0.6) is 11.5 Å². The van der Waals surface area contributed by atoms with Gasteiger partial charge in [0.05, 0.1) is 10.2 Å². The van der Waals surface area contributed by atoms with Gasteiger partial charge in [-0.1, -0.05) is 15.9 Å². The molecule has 1 aromatic heterocycles. The molecule has 1 heterocycles. The van der Waals surface area contributed by atoms with Crippen LogP contribution in [0.2, 0.25) is 0 Å². The molecule has 3 aromatic rings. The van der Waals surface area contributed by atoms with Gasteiger partial charge >= 0.3 is 0 Å². The van der Waals surface area contributed by atoms with Crippen molar-refractivity contribution in [2.75, 3.05) is 0 Å². The maximum atomic E-state index is 9.50. The Morgan fingerprint density at radius 3 is 2.61 bits per heavy atom. The number of nitrogens with zero attached hydrogens (tertiary/aromatic N) is 1. The first-order valence-electron chi connectivity index (χ1n) is 5.22. The Bertz CT molecular complexity index is 739. The highest BCUT2D eigenvalue weighted by Crippen LogP contribution is 2.35. The molecular weight excluding hydrogens is 314 g/mol. The lowest BCUT2D eigenvalue weighted by atomic mass is 10.2. The summed E-state index contributed by atoms with van der Waals surface area (Å²) in [4.78, 5) is 4.50. The van der Waals surface area contributed by atoms with Gasteiger partial charge in [-0.05, 0) is 36.4 Å². The number of hydrogen-bond donors (Lipinski definition) is 2. The predicted octanol–water partition coefficient (Wildman–Crippen LogP) is 4.14. The fraction of sp³-hybridized carbons (Fsp3) is 0. The molecular formula is C13H8BrNO2S. The molecule has 0 radical (unpaired) electrons. The van der Waals surface area contributed by atoms with Crippen LogP contribution < -0.4 is 0 Å². The number of thiazole rings is 1. The van der Waals surface area contributed by atoms with Crippen molar-refractivity contribution >= 4 is 37.5 Å². The number of phenols is 2. The second kappa shape index (κ2) is 4.26. The number of rotatable bonds is 1. The molecule has 0 atom stereocenters. The summed E-state index contributed by atoms with van der Waals surface area (Å²) in [6.07, 6.45) is 0. The Labute approximate surface area is 115 Å². The fourth-order valence-corrected chi connectivity index (χ4v) is 3.19. The van der Waals surface area contributed by atoms with Gasteiger partial charge in [0.15, 0.2) is 11.5 Å². The highest BCUT2D eigenvalue weighted by molar-refractivity contribution is 9.10. The molecule has 5 heteroatoms. The maximum Gasteiger partial charge on any atom is 0.158 e. The normalized spacial score (nSPS) is 10.9. The molecule has 0 bridgehead atoms. The molecule has 90 valence electrons. The fourth-order valence-electron chi connectivity index (χ4n) is 1.68. The maximum absolute atomic E-state index is 9.50. The molecule has 0 spiro atoms. The van der Waals surface area contributed by atoms with Gasteiger partial charge in [0.1, 0.15) is 5.01 Å². The zero-order valence-electron chi connectivity index (χ0n) is 9.09. The van der Waals surface area contributed by atoms with E-state index >= 15 is 0 Å². The molecule has 0 aliphatic heterocycles. The molecule has 0 aliphatic carbocycles. The minimum Gasteiger partial charge on any atom is -0.504 e. The van der Waals surface area contributed by atoms with Crippen LogP contribution in [0.15, 0.2) is 40.9 Å². The first kappa shape index (κ1) is 11.5. The largest absolute Gasteiger partial charge is 0.504 e. The van der Waals surface area contributed by atoms with E-state index in [0.717, 1.165) is 25.3 Å². The standard InChI is InChI=1S/C13H8BrNO2S/c14-8-2-3-9-12(6-8)18-13(15-9)7-1-4-10(16)11(17)5-7/h1-6,16-17H. The molecule has 0 fully saturated rings. The van der Waals surface area contributed by atoms with Crippen LogP contribution >= 0.6 is 27.3 Å². The quantitative estimate of drug-likeness (QED) is 0.662. The minimum atomic E-state index is -0.132. The molecule has 0 aliphatic rings. The number of fused-ring (bicyclic) bond motifs is 1. The number of benzene rings is 2. The van der Waals surface area contributed by atoms with Crippen LogP contribution in [-0.4, -0.2) is 15.2 Å². The lowest BCUT2D eigenvalue weighted by Crippen LogP contribution is -1.76. The molecule has 0 saturated heterocycles. The molecule has 2 aromatic carbocycles. The Hall–Kier alpha value is -1.59. The number of aromatic nitrogens is 1. The number of phenolic OH excluding ortho intramolecular Hbond substituents is 2. The van der Waals surface area contributed by atoms with E-state index in [1.807, 2.05) is 18.2 Å². The van der Waals surface area contributed by atoms with Crippen molar-refractivity contribution in [2.45, 2.75) is 0 Å². The monoisotopic (exact) mass is 321 g/mol. The Morgan fingerprint density at radius 1 is 1.00 bits per heavy atom. The zero-order valence-corrected chi connectivity index (χ0v) is 11.5. The molecule has 2 N–H and O–H groups in total. The molecule has 0 amide bonds. The summed E-state index contributed by atoms with van der Waals surface area (Å²) in [6, 6.07) is 10.6. The van der Waals surface area contributed by atoms with E-state index in [2.05, 4.69) is 20.9 Å². The molecule has 3 nitrogen and oxygen atoms in total. The predicted molar refractivity (Wildman–Crippen MR) is 76.1 cm³/mol. The number of aromatic hydroxyl groups is 2. The summed E-state index contributed by atoms with van der Waals surface area (Å²) < 4.78 is 2.09. The van der Waals surface area contributed by atoms with Gasteiger partial charge < -0.3 is 10.2 Å². The van der Waals surface area contributed by atoms with Crippen LogP contribution in [0.1, 0.15) is 0 Å². The van der Waals surface area contributed by atoms with E-state index in [4.69, 9.17) is 0 Å². The Morgan fingerprint density at radius 2 is 1.83 bits per heavy atom. The van der Waals surface area contributed by atoms with Crippen molar-refractivity contribution < 1.29 is 10.2 Å². The van der Waals surface area contributed by atoms with Crippen LogP contribution in [0, 0.1) is 0 Å². The van der Waals surface area contributed by atoms with E-state index in [1.165, 1.54) is 12.1 Å². The van der Waals surface area contributed by atoms with E-state index in [-0.39, 0.29) is 11.5 Å². The van der Waals surface area contributed by atoms with Crippen molar-refractivity contribution in [2.24, 2.45) is 0 Å². The Kier molecular flexibility index (Phi) is 2.72. The van der Waals surface area contributed by atoms with Crippen molar-refractivity contribution in [1.29, 1.82) is 0 Å². The van der Waals surface area contributed by atoms with E-state index < -0.39 is 0 Å². The van der Waals surface area contributed by atoms with Gasteiger partial charge in [0, 0.05) is 10.0 Å². The third-order valence-electron chi connectivity index (χ3n) is 2.57. The van der Waals surface area contributed by atoms with E-state index in [9.17, 15) is 10.2 Å². The summed E-state index contributed by atoms with van der Waals surface area (Å²) in [6.45, 7) is 0. The third kappa shape index (κ3) is 1.95. The number of hydrogen-bond acceptors (Lipinski definition) is 4. The molecule has 3 rings (SSSR count). The summed E-state index contributed by atoms with van der Waals surface area (Å²) >= 11 is 4.97. The van der Waals surface area contributed by atoms with Gasteiger partial charge in [0.25, 0.3) is 0 Å². The second-order valence-electron chi connectivity index (χ2n) is 3.83. The van der Waals surface area contributed by atoms with Crippen LogP contribution in [-0.2, 0) is 0 Å². The van der Waals surface area contributed by atoms with E-state index in [1.54, 1.807) is 17.4 Å².